The van der Waals surface area contributed by atoms with E-state index in [1.54, 1.807) is 6.08 Å². The van der Waals surface area contributed by atoms with Gasteiger partial charge >= 0.3 is 0 Å². The molecule has 0 N–H and O–H groups in total. The molecule has 0 heterocycles. The molecule has 0 fully saturated rings. The Labute approximate surface area is 109 Å². The van der Waals surface area contributed by atoms with Gasteiger partial charge in [0.05, 0.1) is 11.4 Å². The largest absolute Gasteiger partial charge is 0.288 e. The van der Waals surface area contributed by atoms with E-state index >= 15 is 0 Å². The third-order valence-corrected chi connectivity index (χ3v) is 2.33. The van der Waals surface area contributed by atoms with Gasteiger partial charge in [-0.3, -0.25) is 4.99 Å². The summed E-state index contributed by atoms with van der Waals surface area (Å²) in [5, 5.41) is 0. The van der Waals surface area contributed by atoms with Crippen molar-refractivity contribution < 1.29 is 0 Å². The number of rotatable bonds is 5. The van der Waals surface area contributed by atoms with Gasteiger partial charge in [-0.2, -0.15) is 0 Å². The number of nitrogens with zero attached hydrogens (tertiary/aromatic N) is 2. The number of para-hydroxylation sites is 1. The van der Waals surface area contributed by atoms with E-state index < -0.39 is 0 Å². The molecule has 0 aliphatic rings. The number of aliphatic imine (C=N–C) groups is 2. The van der Waals surface area contributed by atoms with Gasteiger partial charge in [0.1, 0.15) is 0 Å². The van der Waals surface area contributed by atoms with Crippen LogP contribution in [0, 0.1) is 0 Å². The zero-order valence-electron chi connectivity index (χ0n) is 11.3. The van der Waals surface area contributed by atoms with Gasteiger partial charge in [-0.15, -0.1) is 0 Å². The van der Waals surface area contributed by atoms with Crippen molar-refractivity contribution in [1.29, 1.82) is 0 Å². The highest BCUT2D eigenvalue weighted by atomic mass is 14.8. The molecule has 0 spiro atoms. The van der Waals surface area contributed by atoms with Crippen LogP contribution < -0.4 is 0 Å². The number of benzene rings is 1. The van der Waals surface area contributed by atoms with Crippen molar-refractivity contribution in [2.24, 2.45) is 9.98 Å². The van der Waals surface area contributed by atoms with Crippen LogP contribution in [0.2, 0.25) is 0 Å². The second-order valence-corrected chi connectivity index (χ2v) is 4.15. The fourth-order valence-electron chi connectivity index (χ4n) is 1.40. The topological polar surface area (TPSA) is 24.7 Å². The maximum Gasteiger partial charge on any atom is 0.0883 e. The summed E-state index contributed by atoms with van der Waals surface area (Å²) in [7, 11) is 0. The van der Waals surface area contributed by atoms with Gasteiger partial charge in [-0.05, 0) is 38.5 Å². The van der Waals surface area contributed by atoms with Gasteiger partial charge in [-0.25, -0.2) is 4.99 Å². The van der Waals surface area contributed by atoms with Crippen LogP contribution in [-0.2, 0) is 0 Å². The molecule has 1 rings (SSSR count). The van der Waals surface area contributed by atoms with Crippen LogP contribution in [0.25, 0.3) is 0 Å². The number of allylic oxidation sites excluding steroid dienone is 3. The lowest BCUT2D eigenvalue weighted by Crippen LogP contribution is -2.04. The van der Waals surface area contributed by atoms with E-state index in [4.69, 9.17) is 0 Å². The van der Waals surface area contributed by atoms with Gasteiger partial charge in [0.15, 0.2) is 0 Å². The lowest BCUT2D eigenvalue weighted by Gasteiger charge is -2.03. The summed E-state index contributed by atoms with van der Waals surface area (Å²) in [5.41, 5.74) is 2.75. The zero-order valence-corrected chi connectivity index (χ0v) is 11.3. The molecule has 0 radical (unpaired) electrons. The third kappa shape index (κ3) is 4.50. The maximum absolute atomic E-state index is 4.60. The van der Waals surface area contributed by atoms with Crippen LogP contribution in [0.15, 0.2) is 64.6 Å². The second-order valence-electron chi connectivity index (χ2n) is 4.15. The van der Waals surface area contributed by atoms with E-state index in [2.05, 4.69) is 16.6 Å². The van der Waals surface area contributed by atoms with Crippen molar-refractivity contribution in [3.05, 3.63) is 54.6 Å². The molecule has 0 saturated heterocycles. The van der Waals surface area contributed by atoms with E-state index in [1.165, 1.54) is 0 Å². The average Bonchev–Trinajstić information content (AvgIpc) is 2.38. The lowest BCUT2D eigenvalue weighted by atomic mass is 10.1. The molecule has 0 unspecified atom stereocenters. The van der Waals surface area contributed by atoms with Crippen LogP contribution in [0.1, 0.15) is 20.8 Å². The van der Waals surface area contributed by atoms with Crippen molar-refractivity contribution in [1.82, 2.24) is 0 Å². The Morgan fingerprint density at radius 3 is 2.39 bits per heavy atom. The Morgan fingerprint density at radius 1 is 1.22 bits per heavy atom. The van der Waals surface area contributed by atoms with Crippen LogP contribution >= 0.6 is 0 Å². The van der Waals surface area contributed by atoms with Crippen LogP contribution in [0.4, 0.5) is 5.69 Å². The minimum Gasteiger partial charge on any atom is -0.288 e. The molecule has 0 bridgehead atoms. The van der Waals surface area contributed by atoms with E-state index in [9.17, 15) is 0 Å². The normalized spacial score (nSPS) is 13.3. The van der Waals surface area contributed by atoms with Gasteiger partial charge in [0.25, 0.3) is 0 Å². The standard InChI is InChI=1S/C16H20N2/c1-5-14(6-2)16(12-17-13(3)4)18-15-10-8-7-9-11-15/h5-13H,1H2,2-4H3/b14-6+,17-12-,18-16+. The SMILES string of the molecule is C=CC(=C\C)/C(/C=N\C(C)C)=N/c1ccccc1. The summed E-state index contributed by atoms with van der Waals surface area (Å²) >= 11 is 0. The average molecular weight is 240 g/mol. The van der Waals surface area contributed by atoms with Crippen molar-refractivity contribution >= 4 is 17.6 Å². The van der Waals surface area contributed by atoms with E-state index in [1.807, 2.05) is 63.4 Å². The van der Waals surface area contributed by atoms with Gasteiger partial charge in [0, 0.05) is 12.3 Å². The van der Waals surface area contributed by atoms with Crippen LogP contribution in [0.3, 0.4) is 0 Å². The Morgan fingerprint density at radius 2 is 1.89 bits per heavy atom. The summed E-state index contributed by atoms with van der Waals surface area (Å²) in [6, 6.07) is 10.1. The van der Waals surface area contributed by atoms with E-state index in [0.29, 0.717) is 0 Å². The Kier molecular flexibility index (Phi) is 5.78. The minimum atomic E-state index is 0.258. The molecular formula is C16H20N2. The van der Waals surface area contributed by atoms with Crippen molar-refractivity contribution in [3.63, 3.8) is 0 Å². The summed E-state index contributed by atoms with van der Waals surface area (Å²) in [5.74, 6) is 0. The van der Waals surface area contributed by atoms with Crippen molar-refractivity contribution in [3.8, 4) is 0 Å². The molecular weight excluding hydrogens is 220 g/mol. The highest BCUT2D eigenvalue weighted by Crippen LogP contribution is 2.12. The van der Waals surface area contributed by atoms with Gasteiger partial charge in [0.2, 0.25) is 0 Å². The molecule has 0 atom stereocenters. The van der Waals surface area contributed by atoms with Crippen molar-refractivity contribution in [2.45, 2.75) is 26.8 Å². The molecule has 0 aliphatic carbocycles. The van der Waals surface area contributed by atoms with E-state index in [0.717, 1.165) is 17.0 Å². The summed E-state index contributed by atoms with van der Waals surface area (Å²) in [6.07, 6.45) is 5.60. The third-order valence-electron chi connectivity index (χ3n) is 2.33. The number of hydrogen-bond acceptors (Lipinski definition) is 2. The van der Waals surface area contributed by atoms with Gasteiger partial charge < -0.3 is 0 Å². The summed E-state index contributed by atoms with van der Waals surface area (Å²) in [4.78, 5) is 8.99. The predicted molar refractivity (Wildman–Crippen MR) is 81.1 cm³/mol. The van der Waals surface area contributed by atoms with Crippen LogP contribution in [-0.4, -0.2) is 18.0 Å². The molecule has 1 aromatic carbocycles. The highest BCUT2D eigenvalue weighted by molar-refractivity contribution is 6.39. The summed E-state index contributed by atoms with van der Waals surface area (Å²) < 4.78 is 0. The first-order valence-corrected chi connectivity index (χ1v) is 6.13. The summed E-state index contributed by atoms with van der Waals surface area (Å²) in [6.45, 7) is 9.87. The first-order valence-electron chi connectivity index (χ1n) is 6.13. The molecule has 1 aromatic rings. The smallest absolute Gasteiger partial charge is 0.0883 e. The maximum atomic E-state index is 4.60. The molecule has 2 nitrogen and oxygen atoms in total. The first-order chi connectivity index (χ1) is 8.67. The Hall–Kier alpha value is -1.96. The fraction of sp³-hybridized carbons (Fsp3) is 0.250. The Balaban J connectivity index is 3.12. The molecule has 0 aliphatic heterocycles. The second kappa shape index (κ2) is 7.38. The molecule has 18 heavy (non-hydrogen) atoms. The molecule has 0 saturated carbocycles. The van der Waals surface area contributed by atoms with E-state index in [-0.39, 0.29) is 6.04 Å². The highest BCUT2D eigenvalue weighted by Gasteiger charge is 2.01. The predicted octanol–water partition coefficient (Wildman–Crippen LogP) is 4.37. The molecule has 94 valence electrons. The van der Waals surface area contributed by atoms with Gasteiger partial charge in [-0.1, -0.05) is 36.9 Å². The molecule has 2 heteroatoms. The first kappa shape index (κ1) is 14.1. The minimum absolute atomic E-state index is 0.258. The fourth-order valence-corrected chi connectivity index (χ4v) is 1.40. The molecule has 0 aromatic heterocycles. The number of hydrogen-bond donors (Lipinski definition) is 0. The zero-order chi connectivity index (χ0) is 13.4. The van der Waals surface area contributed by atoms with Crippen LogP contribution in [0.5, 0.6) is 0 Å². The quantitative estimate of drug-likeness (QED) is 0.539. The Bertz CT molecular complexity index is 465. The molecule has 0 amide bonds. The lowest BCUT2D eigenvalue weighted by molar-refractivity contribution is 0.842. The van der Waals surface area contributed by atoms with Crippen molar-refractivity contribution in [2.75, 3.05) is 0 Å². The monoisotopic (exact) mass is 240 g/mol.